The highest BCUT2D eigenvalue weighted by molar-refractivity contribution is 7.22. The third-order valence-corrected chi connectivity index (χ3v) is 5.59. The Morgan fingerprint density at radius 3 is 2.39 bits per heavy atom. The molecule has 0 spiro atoms. The second-order valence-electron chi connectivity index (χ2n) is 7.15. The lowest BCUT2D eigenvalue weighted by Gasteiger charge is -2.24. The summed E-state index contributed by atoms with van der Waals surface area (Å²) >= 11 is 1.46. The Morgan fingerprint density at radius 2 is 1.79 bits per heavy atom. The van der Waals surface area contributed by atoms with Gasteiger partial charge in [-0.1, -0.05) is 17.4 Å². The average Bonchev–Trinajstić information content (AvgIpc) is 3.13. The third kappa shape index (κ3) is 4.68. The zero-order valence-corrected chi connectivity index (χ0v) is 18.2. The van der Waals surface area contributed by atoms with Crippen LogP contribution < -0.4 is 4.90 Å². The molecule has 7 nitrogen and oxygen atoms in total. The highest BCUT2D eigenvalue weighted by atomic mass is 35.5. The molecule has 2 heterocycles. The van der Waals surface area contributed by atoms with Crippen LogP contribution in [0.25, 0.3) is 10.2 Å². The van der Waals surface area contributed by atoms with Crippen LogP contribution in [0.5, 0.6) is 0 Å². The number of nitrogens with zero attached hydrogens (tertiary/aromatic N) is 4. The van der Waals surface area contributed by atoms with E-state index in [-0.39, 0.29) is 49.5 Å². The Kier molecular flexibility index (Phi) is 7.14. The smallest absolute Gasteiger partial charge is 0.248 e. The fraction of sp³-hybridized carbons (Fsp3) is 0.474. The number of halogens is 1. The van der Waals surface area contributed by atoms with Gasteiger partial charge in [0.05, 0.1) is 10.2 Å². The number of hydrogen-bond donors (Lipinski definition) is 0. The molecular formula is C19H25ClN4O3S. The maximum absolute atomic E-state index is 13.0. The van der Waals surface area contributed by atoms with Gasteiger partial charge in [-0.05, 0) is 45.1 Å². The number of imide groups is 1. The number of benzene rings is 1. The Bertz CT molecular complexity index is 896. The van der Waals surface area contributed by atoms with Crippen molar-refractivity contribution in [3.63, 3.8) is 0 Å². The first-order valence-corrected chi connectivity index (χ1v) is 9.74. The fourth-order valence-corrected chi connectivity index (χ4v) is 4.31. The van der Waals surface area contributed by atoms with Crippen molar-refractivity contribution < 1.29 is 14.4 Å². The lowest BCUT2D eigenvalue weighted by atomic mass is 10.1. The van der Waals surface area contributed by atoms with Crippen LogP contribution in [0.4, 0.5) is 5.13 Å². The Labute approximate surface area is 174 Å². The van der Waals surface area contributed by atoms with E-state index in [2.05, 4.69) is 17.1 Å². The van der Waals surface area contributed by atoms with E-state index in [1.807, 2.05) is 32.8 Å². The van der Waals surface area contributed by atoms with Gasteiger partial charge in [-0.2, -0.15) is 0 Å². The monoisotopic (exact) mass is 424 g/mol. The standard InChI is InChI=1S/C19H24N4O3S.ClH/c1-12-9-13(2)18-14(10-12)27-19(20-18)22(8-7-21(3)4)17(26)11-23-15(24)5-6-16(23)25;/h9-10H,5-8,11H2,1-4H3;1H. The number of rotatable bonds is 6. The summed E-state index contributed by atoms with van der Waals surface area (Å²) in [6.07, 6.45) is 0.368. The zero-order valence-electron chi connectivity index (χ0n) is 16.5. The molecule has 0 bridgehead atoms. The van der Waals surface area contributed by atoms with Crippen LogP contribution in [0.3, 0.4) is 0 Å². The number of anilines is 1. The first-order chi connectivity index (χ1) is 12.8. The summed E-state index contributed by atoms with van der Waals surface area (Å²) in [4.78, 5) is 46.0. The van der Waals surface area contributed by atoms with Gasteiger partial charge in [0.1, 0.15) is 6.54 Å². The number of aromatic nitrogens is 1. The van der Waals surface area contributed by atoms with Gasteiger partial charge >= 0.3 is 0 Å². The van der Waals surface area contributed by atoms with Gasteiger partial charge in [-0.3, -0.25) is 24.2 Å². The highest BCUT2D eigenvalue weighted by Gasteiger charge is 2.32. The van der Waals surface area contributed by atoms with Crippen molar-refractivity contribution in [1.29, 1.82) is 0 Å². The summed E-state index contributed by atoms with van der Waals surface area (Å²) in [6, 6.07) is 4.13. The molecule has 2 aromatic rings. The van der Waals surface area contributed by atoms with E-state index < -0.39 is 0 Å². The quantitative estimate of drug-likeness (QED) is 0.665. The summed E-state index contributed by atoms with van der Waals surface area (Å²) in [5.74, 6) is -0.845. The molecular weight excluding hydrogens is 400 g/mol. The summed E-state index contributed by atoms with van der Waals surface area (Å²) in [7, 11) is 3.87. The van der Waals surface area contributed by atoms with Crippen LogP contribution in [0.15, 0.2) is 12.1 Å². The normalized spacial score (nSPS) is 14.1. The van der Waals surface area contributed by atoms with Crippen molar-refractivity contribution in [2.24, 2.45) is 0 Å². The van der Waals surface area contributed by atoms with Crippen molar-refractivity contribution in [1.82, 2.24) is 14.8 Å². The summed E-state index contributed by atoms with van der Waals surface area (Å²) in [6.45, 7) is 4.91. The maximum Gasteiger partial charge on any atom is 0.248 e. The van der Waals surface area contributed by atoms with Gasteiger partial charge in [-0.15, -0.1) is 12.4 Å². The van der Waals surface area contributed by atoms with E-state index in [0.29, 0.717) is 18.2 Å². The molecule has 1 aliphatic rings. The molecule has 0 unspecified atom stereocenters. The molecule has 28 heavy (non-hydrogen) atoms. The molecule has 152 valence electrons. The molecule has 0 aliphatic carbocycles. The number of hydrogen-bond acceptors (Lipinski definition) is 6. The highest BCUT2D eigenvalue weighted by Crippen LogP contribution is 2.32. The van der Waals surface area contributed by atoms with Crippen molar-refractivity contribution in [2.75, 3.05) is 38.6 Å². The molecule has 9 heteroatoms. The van der Waals surface area contributed by atoms with Crippen LogP contribution in [-0.4, -0.2) is 66.2 Å². The Morgan fingerprint density at radius 1 is 1.14 bits per heavy atom. The average molecular weight is 425 g/mol. The van der Waals surface area contributed by atoms with Crippen molar-refractivity contribution in [2.45, 2.75) is 26.7 Å². The van der Waals surface area contributed by atoms with Crippen LogP contribution in [-0.2, 0) is 14.4 Å². The minimum Gasteiger partial charge on any atom is -0.308 e. The van der Waals surface area contributed by atoms with Gasteiger partial charge in [0.2, 0.25) is 17.7 Å². The van der Waals surface area contributed by atoms with Crippen molar-refractivity contribution in [3.05, 3.63) is 23.3 Å². The second-order valence-corrected chi connectivity index (χ2v) is 8.16. The van der Waals surface area contributed by atoms with Gasteiger partial charge in [-0.25, -0.2) is 4.98 Å². The number of aryl methyl sites for hydroxylation is 2. The van der Waals surface area contributed by atoms with Crippen LogP contribution in [0, 0.1) is 13.8 Å². The number of amides is 3. The molecule has 0 N–H and O–H groups in total. The summed E-state index contributed by atoms with van der Waals surface area (Å²) in [5, 5.41) is 0.602. The SMILES string of the molecule is Cc1cc(C)c2nc(N(CCN(C)C)C(=O)CN3C(=O)CCC3=O)sc2c1.Cl. The predicted octanol–water partition coefficient (Wildman–Crippen LogP) is 2.38. The van der Waals surface area contributed by atoms with Crippen molar-refractivity contribution >= 4 is 56.8 Å². The number of likely N-dealkylation sites (N-methyl/N-ethyl adjacent to an activating group) is 1. The minimum absolute atomic E-state index is 0. The van der Waals surface area contributed by atoms with Crippen LogP contribution >= 0.6 is 23.7 Å². The molecule has 1 saturated heterocycles. The number of likely N-dealkylation sites (tertiary alicyclic amines) is 1. The third-order valence-electron chi connectivity index (χ3n) is 4.57. The van der Waals surface area contributed by atoms with E-state index in [0.717, 1.165) is 26.2 Å². The van der Waals surface area contributed by atoms with E-state index in [1.165, 1.54) is 11.3 Å². The second kappa shape index (κ2) is 8.98. The number of carbonyl (C=O) groups is 3. The van der Waals surface area contributed by atoms with E-state index >= 15 is 0 Å². The largest absolute Gasteiger partial charge is 0.308 e. The lowest BCUT2D eigenvalue weighted by molar-refractivity contribution is -0.141. The predicted molar refractivity (Wildman–Crippen MR) is 113 cm³/mol. The number of fused-ring (bicyclic) bond motifs is 1. The molecule has 0 radical (unpaired) electrons. The maximum atomic E-state index is 13.0. The molecule has 1 aromatic heterocycles. The van der Waals surface area contributed by atoms with E-state index in [4.69, 9.17) is 0 Å². The lowest BCUT2D eigenvalue weighted by Crippen LogP contribution is -2.44. The number of carbonyl (C=O) groups excluding carboxylic acids is 3. The topological polar surface area (TPSA) is 73.8 Å². The van der Waals surface area contributed by atoms with Crippen LogP contribution in [0.2, 0.25) is 0 Å². The number of thiazole rings is 1. The zero-order chi connectivity index (χ0) is 19.7. The fourth-order valence-electron chi connectivity index (χ4n) is 3.12. The summed E-state index contributed by atoms with van der Waals surface area (Å²) < 4.78 is 1.03. The van der Waals surface area contributed by atoms with Gasteiger partial charge < -0.3 is 4.90 Å². The van der Waals surface area contributed by atoms with E-state index in [1.54, 1.807) is 4.90 Å². The van der Waals surface area contributed by atoms with Gasteiger partial charge in [0.15, 0.2) is 5.13 Å². The van der Waals surface area contributed by atoms with Crippen LogP contribution in [0.1, 0.15) is 24.0 Å². The summed E-state index contributed by atoms with van der Waals surface area (Å²) in [5.41, 5.74) is 3.10. The Balaban J connectivity index is 0.00000280. The molecule has 1 aliphatic heterocycles. The molecule has 1 fully saturated rings. The van der Waals surface area contributed by atoms with Gasteiger partial charge in [0.25, 0.3) is 0 Å². The molecule has 3 amide bonds. The molecule has 0 saturated carbocycles. The first kappa shape index (κ1) is 22.3. The molecule has 1 aromatic carbocycles. The van der Waals surface area contributed by atoms with E-state index in [9.17, 15) is 14.4 Å². The molecule has 0 atom stereocenters. The Hall–Kier alpha value is -2.03. The minimum atomic E-state index is -0.283. The first-order valence-electron chi connectivity index (χ1n) is 8.92. The van der Waals surface area contributed by atoms with Gasteiger partial charge in [0, 0.05) is 25.9 Å². The van der Waals surface area contributed by atoms with Crippen molar-refractivity contribution in [3.8, 4) is 0 Å². The molecule has 3 rings (SSSR count).